The average molecular weight is 517 g/mol. The lowest BCUT2D eigenvalue weighted by molar-refractivity contribution is -0.142. The molecule has 0 bridgehead atoms. The molecule has 3 saturated carbocycles. The van der Waals surface area contributed by atoms with Crippen LogP contribution in [-0.4, -0.2) is 58.1 Å². The summed E-state index contributed by atoms with van der Waals surface area (Å²) in [5.41, 5.74) is 1.21. The molecule has 4 rings (SSSR count). The summed E-state index contributed by atoms with van der Waals surface area (Å²) >= 11 is 1.54. The number of hydrogen-bond acceptors (Lipinski definition) is 6. The van der Waals surface area contributed by atoms with E-state index in [2.05, 4.69) is 36.3 Å². The van der Waals surface area contributed by atoms with Gasteiger partial charge in [0.1, 0.15) is 11.6 Å². The van der Waals surface area contributed by atoms with Gasteiger partial charge in [-0.15, -0.1) is 6.42 Å². The molecule has 0 radical (unpaired) electrons. The highest BCUT2D eigenvalue weighted by molar-refractivity contribution is 7.98. The van der Waals surface area contributed by atoms with E-state index in [1.807, 2.05) is 6.26 Å². The van der Waals surface area contributed by atoms with E-state index in [4.69, 9.17) is 11.3 Å². The first-order valence-electron chi connectivity index (χ1n) is 13.2. The number of nitrogens with zero attached hydrogens (tertiary/aromatic N) is 1. The van der Waals surface area contributed by atoms with E-state index in [0.29, 0.717) is 36.3 Å². The molecule has 7 nitrogen and oxygen atoms in total. The van der Waals surface area contributed by atoms with Crippen molar-refractivity contribution in [2.24, 2.45) is 33.7 Å². The lowest BCUT2D eigenvalue weighted by Gasteiger charge is -2.58. The topological polar surface area (TPSA) is 108 Å². The van der Waals surface area contributed by atoms with Gasteiger partial charge in [-0.3, -0.25) is 4.79 Å². The molecule has 1 amide bonds. The first-order valence-corrected chi connectivity index (χ1v) is 14.6. The van der Waals surface area contributed by atoms with Crippen molar-refractivity contribution in [3.8, 4) is 12.3 Å². The number of fused-ring (bicyclic) bond motifs is 5. The largest absolute Gasteiger partial charge is 0.480 e. The number of oxime groups is 1. The summed E-state index contributed by atoms with van der Waals surface area (Å²) in [5.74, 6) is 3.53. The Morgan fingerprint density at radius 1 is 1.25 bits per heavy atom. The molecule has 0 aliphatic heterocycles. The van der Waals surface area contributed by atoms with Crippen molar-refractivity contribution in [1.29, 1.82) is 0 Å². The van der Waals surface area contributed by atoms with Crippen molar-refractivity contribution >= 4 is 29.4 Å². The van der Waals surface area contributed by atoms with Crippen LogP contribution in [0.3, 0.4) is 0 Å². The average Bonchev–Trinajstić information content (AvgIpc) is 3.12. The monoisotopic (exact) mass is 516 g/mol. The zero-order valence-corrected chi connectivity index (χ0v) is 22.5. The quantitative estimate of drug-likeness (QED) is 0.332. The van der Waals surface area contributed by atoms with Crippen LogP contribution in [0.25, 0.3) is 0 Å². The number of carbonyl (C=O) groups is 2. The van der Waals surface area contributed by atoms with Gasteiger partial charge in [0.2, 0.25) is 0 Å². The zero-order valence-electron chi connectivity index (χ0n) is 21.7. The van der Waals surface area contributed by atoms with Crippen LogP contribution in [0.5, 0.6) is 0 Å². The van der Waals surface area contributed by atoms with Crippen molar-refractivity contribution < 1.29 is 24.6 Å². The van der Waals surface area contributed by atoms with E-state index in [0.717, 1.165) is 50.7 Å². The molecule has 0 aromatic carbocycles. The van der Waals surface area contributed by atoms with Gasteiger partial charge >= 0.3 is 5.97 Å². The number of nitrogens with one attached hydrogen (secondary N) is 1. The molecular formula is C28H40N2O5S. The van der Waals surface area contributed by atoms with Crippen LogP contribution in [0.1, 0.15) is 71.6 Å². The Balaban J connectivity index is 1.38. The first kappa shape index (κ1) is 27.1. The van der Waals surface area contributed by atoms with E-state index in [-0.39, 0.29) is 17.4 Å². The van der Waals surface area contributed by atoms with Crippen molar-refractivity contribution in [1.82, 2.24) is 5.32 Å². The Bertz CT molecular complexity index is 989. The molecule has 0 spiro atoms. The Labute approximate surface area is 218 Å². The zero-order chi connectivity index (χ0) is 26.1. The van der Waals surface area contributed by atoms with Crippen molar-refractivity contribution in [3.05, 3.63) is 11.6 Å². The molecule has 36 heavy (non-hydrogen) atoms. The third kappa shape index (κ3) is 4.69. The van der Waals surface area contributed by atoms with Crippen LogP contribution < -0.4 is 5.32 Å². The van der Waals surface area contributed by atoms with Crippen LogP contribution >= 0.6 is 11.8 Å². The lowest BCUT2D eigenvalue weighted by Crippen LogP contribution is -2.54. The van der Waals surface area contributed by atoms with E-state index in [9.17, 15) is 19.8 Å². The smallest absolute Gasteiger partial charge is 0.326 e. The molecule has 0 aromatic rings. The molecule has 7 atom stereocenters. The number of thioether (sulfide) groups is 1. The second-order valence-corrected chi connectivity index (χ2v) is 12.6. The maximum Gasteiger partial charge on any atom is 0.326 e. The van der Waals surface area contributed by atoms with Gasteiger partial charge in [0, 0.05) is 5.41 Å². The van der Waals surface area contributed by atoms with Crippen LogP contribution in [0.4, 0.5) is 0 Å². The second kappa shape index (κ2) is 10.4. The van der Waals surface area contributed by atoms with Gasteiger partial charge in [-0.05, 0) is 99.0 Å². The molecule has 8 heteroatoms. The fourth-order valence-corrected chi connectivity index (χ4v) is 8.27. The van der Waals surface area contributed by atoms with Gasteiger partial charge in [0.25, 0.3) is 5.91 Å². The molecule has 4 aliphatic carbocycles. The number of amides is 1. The highest BCUT2D eigenvalue weighted by Gasteiger charge is 2.63. The van der Waals surface area contributed by atoms with Gasteiger partial charge in [-0.1, -0.05) is 30.5 Å². The van der Waals surface area contributed by atoms with E-state index in [1.54, 1.807) is 0 Å². The number of carbonyl (C=O) groups excluding carboxylic acids is 1. The summed E-state index contributed by atoms with van der Waals surface area (Å²) < 4.78 is 0. The molecule has 0 heterocycles. The molecule has 4 aliphatic rings. The van der Waals surface area contributed by atoms with Gasteiger partial charge in [0.15, 0.2) is 6.61 Å². The molecule has 0 saturated heterocycles. The fourth-order valence-electron chi connectivity index (χ4n) is 7.80. The number of terminal acetylenes is 1. The second-order valence-electron chi connectivity index (χ2n) is 11.6. The van der Waals surface area contributed by atoms with Crippen molar-refractivity contribution in [3.63, 3.8) is 0 Å². The van der Waals surface area contributed by atoms with E-state index < -0.39 is 23.5 Å². The Hall–Kier alpha value is -1.98. The van der Waals surface area contributed by atoms with Crippen LogP contribution in [0.2, 0.25) is 0 Å². The lowest BCUT2D eigenvalue weighted by atomic mass is 9.46. The third-order valence-electron chi connectivity index (χ3n) is 9.99. The summed E-state index contributed by atoms with van der Waals surface area (Å²) in [6.07, 6.45) is 17.9. The van der Waals surface area contributed by atoms with Crippen LogP contribution in [-0.2, 0) is 14.4 Å². The van der Waals surface area contributed by atoms with Crippen molar-refractivity contribution in [2.75, 3.05) is 18.6 Å². The van der Waals surface area contributed by atoms with E-state index >= 15 is 0 Å². The molecule has 0 unspecified atom stereocenters. The van der Waals surface area contributed by atoms with Crippen molar-refractivity contribution in [2.45, 2.75) is 83.3 Å². The molecule has 0 aromatic heterocycles. The third-order valence-corrected chi connectivity index (χ3v) is 10.6. The number of aliphatic carboxylic acids is 1. The normalized spacial score (nSPS) is 39.1. The fraction of sp³-hybridized carbons (Fsp3) is 0.750. The first-order chi connectivity index (χ1) is 17.1. The number of hydrogen-bond donors (Lipinski definition) is 3. The Morgan fingerprint density at radius 3 is 2.69 bits per heavy atom. The standard InChI is InChI=1S/C28H40N2O5S/c1-5-28(34)14-10-22-20-7-6-18-16-19(8-12-26(18,2)21(20)9-13-27(22,28)3)30-35-17-24(31)29-23(25(32)33)11-15-36-4/h1,16,20-23,34H,6-15,17H2,2-4H3,(H,29,31)(H,32,33)/t20-,21+,22+,23+,26+,27+,28-/m1/s1. The van der Waals surface area contributed by atoms with Crippen LogP contribution in [0, 0.1) is 40.9 Å². The minimum absolute atomic E-state index is 0.115. The predicted octanol–water partition coefficient (Wildman–Crippen LogP) is 4.01. The molecular weight excluding hydrogens is 476 g/mol. The minimum Gasteiger partial charge on any atom is -0.480 e. The van der Waals surface area contributed by atoms with Gasteiger partial charge in [-0.2, -0.15) is 11.8 Å². The molecule has 198 valence electrons. The maximum absolute atomic E-state index is 12.2. The SMILES string of the molecule is C#C[C@@]1(O)CC[C@H]2[C@@H]3CCC4=CC(=NOCC(=O)N[C@@H](CCSC)C(=O)O)CC[C@]4(C)[C@H]3CC[C@@]21C. The number of rotatable bonds is 8. The van der Waals surface area contributed by atoms with Gasteiger partial charge < -0.3 is 20.4 Å². The predicted molar refractivity (Wildman–Crippen MR) is 141 cm³/mol. The Kier molecular flexibility index (Phi) is 7.83. The summed E-state index contributed by atoms with van der Waals surface area (Å²) in [6.45, 7) is 4.32. The number of allylic oxidation sites excluding steroid dienone is 2. The summed E-state index contributed by atoms with van der Waals surface area (Å²) in [7, 11) is 0. The highest BCUT2D eigenvalue weighted by atomic mass is 32.2. The maximum atomic E-state index is 12.2. The van der Waals surface area contributed by atoms with Gasteiger partial charge in [-0.25, -0.2) is 4.79 Å². The summed E-state index contributed by atoms with van der Waals surface area (Å²) in [6, 6.07) is -0.914. The minimum atomic E-state index is -1.04. The number of carboxylic acids is 1. The summed E-state index contributed by atoms with van der Waals surface area (Å²) in [4.78, 5) is 28.8. The van der Waals surface area contributed by atoms with E-state index in [1.165, 1.54) is 17.3 Å². The summed E-state index contributed by atoms with van der Waals surface area (Å²) in [5, 5.41) is 27.2. The van der Waals surface area contributed by atoms with Crippen LogP contribution in [0.15, 0.2) is 16.8 Å². The van der Waals surface area contributed by atoms with Gasteiger partial charge in [0.05, 0.1) is 5.71 Å². The molecule has 3 N–H and O–H groups in total. The number of aliphatic hydroxyl groups is 1. The highest BCUT2D eigenvalue weighted by Crippen LogP contribution is 2.67. The molecule has 3 fully saturated rings. The number of carboxylic acid groups (broad SMARTS) is 1. The Morgan fingerprint density at radius 2 is 2.00 bits per heavy atom.